The van der Waals surface area contributed by atoms with Crippen LogP contribution in [0.2, 0.25) is 0 Å². The molecule has 1 rings (SSSR count). The molecule has 0 unspecified atom stereocenters. The highest BCUT2D eigenvalue weighted by Crippen LogP contribution is 2.13. The number of rotatable bonds is 6. The minimum Gasteiger partial charge on any atom is -0.490 e. The molecular formula is C13H18OS. The molecule has 1 aromatic rings. The van der Waals surface area contributed by atoms with E-state index in [1.165, 1.54) is 12.0 Å². The maximum Gasteiger partial charge on any atom is 0.119 e. The molecule has 0 heterocycles. The summed E-state index contributed by atoms with van der Waals surface area (Å²) in [4.78, 5) is 0. The van der Waals surface area contributed by atoms with Crippen LogP contribution in [0.25, 0.3) is 0 Å². The van der Waals surface area contributed by atoms with Crippen LogP contribution in [0.5, 0.6) is 5.75 Å². The van der Waals surface area contributed by atoms with Gasteiger partial charge in [0.25, 0.3) is 0 Å². The van der Waals surface area contributed by atoms with E-state index in [-0.39, 0.29) is 0 Å². The van der Waals surface area contributed by atoms with E-state index in [9.17, 15) is 0 Å². The Kier molecular flexibility index (Phi) is 6.02. The maximum atomic E-state index is 5.52. The predicted molar refractivity (Wildman–Crippen MR) is 68.9 cm³/mol. The maximum absolute atomic E-state index is 5.52. The molecule has 0 fully saturated rings. The quantitative estimate of drug-likeness (QED) is 0.572. The summed E-state index contributed by atoms with van der Waals surface area (Å²) in [6, 6.07) is 8.31. The van der Waals surface area contributed by atoms with E-state index in [2.05, 4.69) is 31.7 Å². The van der Waals surface area contributed by atoms with Gasteiger partial charge >= 0.3 is 0 Å². The lowest BCUT2D eigenvalue weighted by atomic mass is 10.1. The van der Waals surface area contributed by atoms with Gasteiger partial charge in [0, 0.05) is 5.75 Å². The van der Waals surface area contributed by atoms with Crippen molar-refractivity contribution in [2.75, 3.05) is 12.4 Å². The van der Waals surface area contributed by atoms with Crippen molar-refractivity contribution in [1.82, 2.24) is 0 Å². The van der Waals surface area contributed by atoms with E-state index >= 15 is 0 Å². The topological polar surface area (TPSA) is 9.23 Å². The standard InChI is InChI=1S/C13H18OS/c1-2-5-12-6-8-13(9-7-12)14-10-3-4-11-15/h3-4,6-9,15H,2,5,10-11H2,1H3. The number of hydrogen-bond donors (Lipinski definition) is 1. The largest absolute Gasteiger partial charge is 0.490 e. The van der Waals surface area contributed by atoms with Gasteiger partial charge in [-0.25, -0.2) is 0 Å². The van der Waals surface area contributed by atoms with Gasteiger partial charge < -0.3 is 4.74 Å². The molecule has 0 aliphatic heterocycles. The Balaban J connectivity index is 2.39. The Morgan fingerprint density at radius 1 is 1.20 bits per heavy atom. The second-order valence-electron chi connectivity index (χ2n) is 3.36. The average Bonchev–Trinajstić information content (AvgIpc) is 2.27. The fraction of sp³-hybridized carbons (Fsp3) is 0.385. The van der Waals surface area contributed by atoms with E-state index in [0.29, 0.717) is 6.61 Å². The lowest BCUT2D eigenvalue weighted by Crippen LogP contribution is -1.93. The first-order chi connectivity index (χ1) is 7.36. The lowest BCUT2D eigenvalue weighted by Gasteiger charge is -2.04. The highest BCUT2D eigenvalue weighted by molar-refractivity contribution is 7.80. The van der Waals surface area contributed by atoms with Crippen LogP contribution < -0.4 is 4.74 Å². The van der Waals surface area contributed by atoms with Gasteiger partial charge in [-0.1, -0.05) is 37.6 Å². The molecule has 0 aliphatic carbocycles. The van der Waals surface area contributed by atoms with Crippen molar-refractivity contribution in [3.8, 4) is 5.75 Å². The smallest absolute Gasteiger partial charge is 0.119 e. The fourth-order valence-corrected chi connectivity index (χ4v) is 1.48. The van der Waals surface area contributed by atoms with Crippen LogP contribution in [0.4, 0.5) is 0 Å². The molecule has 0 amide bonds. The van der Waals surface area contributed by atoms with Crippen molar-refractivity contribution in [2.45, 2.75) is 19.8 Å². The van der Waals surface area contributed by atoms with Crippen molar-refractivity contribution in [2.24, 2.45) is 0 Å². The highest BCUT2D eigenvalue weighted by Gasteiger charge is 1.93. The van der Waals surface area contributed by atoms with Gasteiger partial charge in [0.2, 0.25) is 0 Å². The molecule has 0 spiro atoms. The van der Waals surface area contributed by atoms with Crippen LogP contribution in [0, 0.1) is 0 Å². The molecule has 15 heavy (non-hydrogen) atoms. The first-order valence-corrected chi connectivity index (χ1v) is 5.97. The Morgan fingerprint density at radius 2 is 1.93 bits per heavy atom. The third-order valence-electron chi connectivity index (χ3n) is 2.08. The van der Waals surface area contributed by atoms with Crippen LogP contribution in [0.15, 0.2) is 36.4 Å². The molecule has 1 aromatic carbocycles. The van der Waals surface area contributed by atoms with Gasteiger partial charge in [0.15, 0.2) is 0 Å². The molecule has 82 valence electrons. The number of aryl methyl sites for hydroxylation is 1. The average molecular weight is 222 g/mol. The van der Waals surface area contributed by atoms with Gasteiger partial charge in [-0.15, -0.1) is 0 Å². The molecule has 0 atom stereocenters. The van der Waals surface area contributed by atoms with Crippen molar-refractivity contribution in [3.05, 3.63) is 42.0 Å². The number of thiol groups is 1. The summed E-state index contributed by atoms with van der Waals surface area (Å²) in [5.41, 5.74) is 1.37. The summed E-state index contributed by atoms with van der Waals surface area (Å²) in [6.07, 6.45) is 6.28. The van der Waals surface area contributed by atoms with E-state index in [4.69, 9.17) is 4.74 Å². The minimum atomic E-state index is 0.619. The van der Waals surface area contributed by atoms with Gasteiger partial charge in [-0.2, -0.15) is 12.6 Å². The number of benzene rings is 1. The van der Waals surface area contributed by atoms with E-state index in [0.717, 1.165) is 17.9 Å². The summed E-state index contributed by atoms with van der Waals surface area (Å²) in [5.74, 6) is 1.69. The monoisotopic (exact) mass is 222 g/mol. The molecular weight excluding hydrogens is 204 g/mol. The SMILES string of the molecule is CCCc1ccc(OCC=CCS)cc1. The summed E-state index contributed by atoms with van der Waals surface area (Å²) in [5, 5.41) is 0. The molecule has 0 aliphatic rings. The summed E-state index contributed by atoms with van der Waals surface area (Å²) in [7, 11) is 0. The third kappa shape index (κ3) is 4.93. The molecule has 0 saturated heterocycles. The zero-order valence-corrected chi connectivity index (χ0v) is 10.0. The number of ether oxygens (including phenoxy) is 1. The predicted octanol–water partition coefficient (Wildman–Crippen LogP) is 3.50. The second kappa shape index (κ2) is 7.41. The van der Waals surface area contributed by atoms with Crippen LogP contribution >= 0.6 is 12.6 Å². The summed E-state index contributed by atoms with van der Waals surface area (Å²) in [6.45, 7) is 2.81. The van der Waals surface area contributed by atoms with Crippen molar-refractivity contribution < 1.29 is 4.74 Å². The molecule has 0 radical (unpaired) electrons. The first kappa shape index (κ1) is 12.2. The molecule has 0 aromatic heterocycles. The summed E-state index contributed by atoms with van der Waals surface area (Å²) >= 11 is 4.08. The molecule has 0 N–H and O–H groups in total. The second-order valence-corrected chi connectivity index (χ2v) is 3.72. The van der Waals surface area contributed by atoms with Crippen LogP contribution in [0.1, 0.15) is 18.9 Å². The molecule has 0 bridgehead atoms. The zero-order chi connectivity index (χ0) is 10.9. The van der Waals surface area contributed by atoms with Gasteiger partial charge in [0.1, 0.15) is 12.4 Å². The highest BCUT2D eigenvalue weighted by atomic mass is 32.1. The first-order valence-electron chi connectivity index (χ1n) is 5.34. The van der Waals surface area contributed by atoms with Crippen molar-refractivity contribution in [3.63, 3.8) is 0 Å². The van der Waals surface area contributed by atoms with Crippen molar-refractivity contribution in [1.29, 1.82) is 0 Å². The Hall–Kier alpha value is -0.890. The van der Waals surface area contributed by atoms with Crippen LogP contribution in [-0.4, -0.2) is 12.4 Å². The van der Waals surface area contributed by atoms with Crippen molar-refractivity contribution >= 4 is 12.6 Å². The normalized spacial score (nSPS) is 10.8. The van der Waals surface area contributed by atoms with E-state index < -0.39 is 0 Å². The van der Waals surface area contributed by atoms with Gasteiger partial charge in [-0.3, -0.25) is 0 Å². The summed E-state index contributed by atoms with van der Waals surface area (Å²) < 4.78 is 5.52. The van der Waals surface area contributed by atoms with E-state index in [1.807, 2.05) is 24.3 Å². The van der Waals surface area contributed by atoms with Crippen LogP contribution in [0.3, 0.4) is 0 Å². The Labute approximate surface area is 97.6 Å². The van der Waals surface area contributed by atoms with Gasteiger partial charge in [0.05, 0.1) is 0 Å². The Morgan fingerprint density at radius 3 is 2.53 bits per heavy atom. The molecule has 0 saturated carbocycles. The third-order valence-corrected chi connectivity index (χ3v) is 2.29. The molecule has 1 nitrogen and oxygen atoms in total. The fourth-order valence-electron chi connectivity index (χ4n) is 1.33. The minimum absolute atomic E-state index is 0.619. The van der Waals surface area contributed by atoms with Crippen LogP contribution in [-0.2, 0) is 6.42 Å². The number of hydrogen-bond acceptors (Lipinski definition) is 2. The lowest BCUT2D eigenvalue weighted by molar-refractivity contribution is 0.362. The zero-order valence-electron chi connectivity index (χ0n) is 9.15. The molecule has 2 heteroatoms. The Bertz CT molecular complexity index is 290. The van der Waals surface area contributed by atoms with Gasteiger partial charge in [-0.05, 0) is 24.1 Å². The van der Waals surface area contributed by atoms with E-state index in [1.54, 1.807) is 0 Å².